The number of hydrogen-bond acceptors (Lipinski definition) is 7. The summed E-state index contributed by atoms with van der Waals surface area (Å²) in [7, 11) is -4.52. The Morgan fingerprint density at radius 1 is 1.00 bits per heavy atom. The minimum absolute atomic E-state index is 0.0476. The molecule has 2 unspecified atom stereocenters. The van der Waals surface area contributed by atoms with Crippen LogP contribution in [-0.2, 0) is 9.22 Å². The van der Waals surface area contributed by atoms with Crippen LogP contribution in [0.5, 0.6) is 5.75 Å². The number of nitrogens with two attached hydrogens (primary N) is 1. The molecule has 0 spiro atoms. The number of nitrogens with one attached hydrogen (secondary N) is 1. The highest BCUT2D eigenvalue weighted by atomic mass is 35.5. The van der Waals surface area contributed by atoms with Gasteiger partial charge in [0.05, 0.1) is 21.7 Å². The third kappa shape index (κ3) is 8.41. The lowest BCUT2D eigenvalue weighted by atomic mass is 10.1. The number of benzene rings is 2. The normalized spacial score (nSPS) is 14.0. The zero-order valence-electron chi connectivity index (χ0n) is 27.4. The highest BCUT2D eigenvalue weighted by Crippen LogP contribution is 2.40. The zero-order valence-corrected chi connectivity index (χ0v) is 30.9. The van der Waals surface area contributed by atoms with Gasteiger partial charge in [-0.2, -0.15) is 5.26 Å². The summed E-state index contributed by atoms with van der Waals surface area (Å²) in [6.45, 7) is 24.5. The minimum Gasteiger partial charge on any atom is -0.543 e. The third-order valence-corrected chi connectivity index (χ3v) is 18.3. The van der Waals surface area contributed by atoms with Crippen LogP contribution >= 0.6 is 23.2 Å². The number of hydrogen-bond donors (Lipinski definition) is 2. The molecule has 0 saturated heterocycles. The fourth-order valence-corrected chi connectivity index (χ4v) is 6.66. The molecule has 0 aromatic heterocycles. The second-order valence-corrected chi connectivity index (χ2v) is 24.2. The molecule has 2 amide bonds. The summed E-state index contributed by atoms with van der Waals surface area (Å²) in [5.74, 6) is 5.25. The molecule has 2 rings (SSSR count). The molecule has 2 atom stereocenters. The average molecular weight is 666 g/mol. The Kier molecular flexibility index (Phi) is 11.4. The number of nitrogens with zero attached hydrogens (tertiary/aromatic N) is 2. The van der Waals surface area contributed by atoms with Crippen LogP contribution in [0.15, 0.2) is 30.3 Å². The van der Waals surface area contributed by atoms with Gasteiger partial charge in [0.15, 0.2) is 8.32 Å². The number of amides is 2. The number of nitriles is 1. The summed E-state index contributed by atoms with van der Waals surface area (Å²) in [4.78, 5) is 27.4. The van der Waals surface area contributed by atoms with Gasteiger partial charge in [-0.1, -0.05) is 64.7 Å². The molecule has 8 nitrogen and oxygen atoms in total. The van der Waals surface area contributed by atoms with Gasteiger partial charge in [-0.05, 0) is 86.0 Å². The van der Waals surface area contributed by atoms with E-state index in [4.69, 9.17) is 37.9 Å². The van der Waals surface area contributed by atoms with E-state index in [2.05, 4.69) is 79.1 Å². The predicted molar refractivity (Wildman–Crippen MR) is 181 cm³/mol. The Hall–Kier alpha value is -2.40. The molecule has 236 valence electrons. The molecular formula is C31H46Cl2N4O4Si2. The maximum Gasteiger partial charge on any atom is 0.274 e. The van der Waals surface area contributed by atoms with Crippen molar-refractivity contribution in [3.05, 3.63) is 57.1 Å². The molecule has 0 heterocycles. The van der Waals surface area contributed by atoms with Gasteiger partial charge in [-0.3, -0.25) is 9.59 Å². The molecule has 2 aromatic rings. The van der Waals surface area contributed by atoms with Gasteiger partial charge >= 0.3 is 0 Å². The zero-order chi connectivity index (χ0) is 33.3. The van der Waals surface area contributed by atoms with E-state index in [9.17, 15) is 14.9 Å². The number of hydrazine groups is 1. The van der Waals surface area contributed by atoms with Crippen LogP contribution in [0.25, 0.3) is 0 Å². The van der Waals surface area contributed by atoms with Crippen LogP contribution in [0.3, 0.4) is 0 Å². The Bertz CT molecular complexity index is 1410. The number of rotatable bonds is 9. The van der Waals surface area contributed by atoms with Gasteiger partial charge in [-0.15, -0.1) is 0 Å². The summed E-state index contributed by atoms with van der Waals surface area (Å²) >= 11 is 13.0. The molecule has 0 aliphatic rings. The number of anilines is 1. The average Bonchev–Trinajstić information content (AvgIpc) is 2.87. The fourth-order valence-electron chi connectivity index (χ4n) is 3.72. The lowest BCUT2D eigenvalue weighted by Crippen LogP contribution is -2.56. The highest BCUT2D eigenvalue weighted by Gasteiger charge is 2.42. The minimum atomic E-state index is -2.34. The molecule has 3 N–H and O–H groups in total. The first kappa shape index (κ1) is 36.8. The molecule has 0 aliphatic heterocycles. The monoisotopic (exact) mass is 664 g/mol. The van der Waals surface area contributed by atoms with E-state index in [1.54, 1.807) is 38.1 Å². The van der Waals surface area contributed by atoms with Crippen LogP contribution in [-0.4, -0.2) is 45.6 Å². The van der Waals surface area contributed by atoms with Crippen molar-refractivity contribution in [3.63, 3.8) is 0 Å². The van der Waals surface area contributed by atoms with Crippen molar-refractivity contribution >= 4 is 57.3 Å². The van der Waals surface area contributed by atoms with Crippen molar-refractivity contribution in [2.45, 2.75) is 104 Å². The lowest BCUT2D eigenvalue weighted by Gasteiger charge is -2.40. The molecule has 0 aliphatic carbocycles. The van der Waals surface area contributed by atoms with E-state index in [-0.39, 0.29) is 25.7 Å². The largest absolute Gasteiger partial charge is 0.543 e. The second-order valence-electron chi connectivity index (χ2n) is 13.9. The predicted octanol–water partition coefficient (Wildman–Crippen LogP) is 8.29. The van der Waals surface area contributed by atoms with E-state index in [1.165, 1.54) is 6.07 Å². The van der Waals surface area contributed by atoms with Crippen LogP contribution in [0.2, 0.25) is 46.3 Å². The number of carbonyl (C=O) groups excluding carboxylic acids is 2. The number of carbonyl (C=O) groups is 2. The van der Waals surface area contributed by atoms with Gasteiger partial charge in [0.2, 0.25) is 0 Å². The van der Waals surface area contributed by atoms with Crippen LogP contribution in [0.4, 0.5) is 5.69 Å². The smallest absolute Gasteiger partial charge is 0.274 e. The summed E-state index contributed by atoms with van der Waals surface area (Å²) in [5.41, 5.74) is 1.55. The number of halogens is 2. The van der Waals surface area contributed by atoms with E-state index in [0.717, 1.165) is 0 Å². The van der Waals surface area contributed by atoms with E-state index in [1.807, 2.05) is 0 Å². The van der Waals surface area contributed by atoms with E-state index < -0.39 is 40.6 Å². The topological polar surface area (TPSA) is 118 Å². The molecule has 12 heteroatoms. The number of imide groups is 1. The van der Waals surface area contributed by atoms with Crippen LogP contribution in [0, 0.1) is 18.3 Å². The van der Waals surface area contributed by atoms with E-state index >= 15 is 0 Å². The van der Waals surface area contributed by atoms with Gasteiger partial charge in [0.1, 0.15) is 17.9 Å². The molecule has 0 saturated carbocycles. The quantitative estimate of drug-likeness (QED) is 0.120. The molecule has 0 fully saturated rings. The second kappa shape index (κ2) is 13.3. The van der Waals surface area contributed by atoms with Crippen LogP contribution in [0.1, 0.15) is 70.0 Å². The van der Waals surface area contributed by atoms with E-state index in [0.29, 0.717) is 27.6 Å². The Morgan fingerprint density at radius 3 is 2.05 bits per heavy atom. The summed E-state index contributed by atoms with van der Waals surface area (Å²) in [5, 5.41) is 13.5. The summed E-state index contributed by atoms with van der Waals surface area (Å²) in [6, 6.07) is 8.88. The first-order valence-electron chi connectivity index (χ1n) is 14.2. The van der Waals surface area contributed by atoms with Crippen molar-refractivity contribution in [1.29, 1.82) is 5.26 Å². The fraction of sp³-hybridized carbons (Fsp3) is 0.516. The summed E-state index contributed by atoms with van der Waals surface area (Å²) < 4.78 is 12.9. The molecule has 2 aromatic carbocycles. The van der Waals surface area contributed by atoms with Crippen molar-refractivity contribution in [1.82, 2.24) is 5.01 Å². The SMILES string of the molecule is Cc1c(NC(C(=O)N(N)C(=O)c2ccc(O[Si](C)(C)C(C)(C)C)c(Cl)c2)C(C)O[Si](C)(C)C(C)(C)C)ccc(C#N)c1Cl. The van der Waals surface area contributed by atoms with Gasteiger partial charge in [0, 0.05) is 11.3 Å². The molecule has 0 bridgehead atoms. The van der Waals surface area contributed by atoms with Gasteiger partial charge < -0.3 is 14.2 Å². The van der Waals surface area contributed by atoms with Gasteiger partial charge in [-0.25, -0.2) is 10.9 Å². The Labute approximate surface area is 269 Å². The van der Waals surface area contributed by atoms with Crippen molar-refractivity contribution in [2.24, 2.45) is 5.84 Å². The van der Waals surface area contributed by atoms with Crippen molar-refractivity contribution in [3.8, 4) is 11.8 Å². The summed E-state index contributed by atoms with van der Waals surface area (Å²) in [6.07, 6.45) is -0.676. The standard InChI is InChI=1S/C31H46Cl2N4O4Si2/c1-19-24(15-13-22(18-34)26(19)33)36-27(20(2)40-42(9,10)30(3,4)5)29(39)37(35)28(38)21-14-16-25(23(32)17-21)41-43(11,12)31(6,7)8/h13-17,20,27,36H,35H2,1-12H3. The maximum absolute atomic E-state index is 13.9. The first-order valence-corrected chi connectivity index (χ1v) is 20.8. The first-order chi connectivity index (χ1) is 19.4. The Balaban J connectivity index is 2.45. The third-order valence-electron chi connectivity index (χ3n) is 8.65. The molecular weight excluding hydrogens is 619 g/mol. The highest BCUT2D eigenvalue weighted by molar-refractivity contribution is 6.75. The molecule has 0 radical (unpaired) electrons. The van der Waals surface area contributed by atoms with Crippen molar-refractivity contribution < 1.29 is 18.4 Å². The van der Waals surface area contributed by atoms with Crippen LogP contribution < -0.4 is 15.6 Å². The maximum atomic E-state index is 13.9. The van der Waals surface area contributed by atoms with Crippen molar-refractivity contribution in [2.75, 3.05) is 5.32 Å². The lowest BCUT2D eigenvalue weighted by molar-refractivity contribution is -0.131. The Morgan fingerprint density at radius 2 is 1.56 bits per heavy atom. The molecule has 43 heavy (non-hydrogen) atoms. The van der Waals surface area contributed by atoms with Gasteiger partial charge in [0.25, 0.3) is 20.1 Å².